The quantitative estimate of drug-likeness (QED) is 0.908. The third kappa shape index (κ3) is 4.45. The summed E-state index contributed by atoms with van der Waals surface area (Å²) in [7, 11) is 0. The van der Waals surface area contributed by atoms with Crippen molar-refractivity contribution in [1.29, 1.82) is 0 Å². The zero-order chi connectivity index (χ0) is 14.9. The fraction of sp³-hybridized carbons (Fsp3) is 0.588. The molecule has 2 atom stereocenters. The molecule has 4 heteroatoms. The number of amides is 1. The fourth-order valence-electron chi connectivity index (χ4n) is 2.36. The second-order valence-corrected chi connectivity index (χ2v) is 6.26. The molecule has 1 aromatic carbocycles. The smallest absolute Gasteiger partial charge is 0.227 e. The van der Waals surface area contributed by atoms with Crippen LogP contribution in [0, 0.1) is 19.8 Å². The van der Waals surface area contributed by atoms with Crippen LogP contribution in [0.1, 0.15) is 43.4 Å². The number of rotatable bonds is 5. The molecule has 1 saturated carbocycles. The average molecular weight is 311 g/mol. The molecule has 3 nitrogen and oxygen atoms in total. The summed E-state index contributed by atoms with van der Waals surface area (Å²) in [6.07, 6.45) is 2.25. The van der Waals surface area contributed by atoms with Crippen LogP contribution in [0.5, 0.6) is 0 Å². The molecule has 1 amide bonds. The lowest BCUT2D eigenvalue weighted by Gasteiger charge is -2.27. The minimum atomic E-state index is -0.109. The van der Waals surface area contributed by atoms with Crippen LogP contribution in [-0.4, -0.2) is 22.9 Å². The van der Waals surface area contributed by atoms with Crippen LogP contribution in [0.4, 0.5) is 0 Å². The summed E-state index contributed by atoms with van der Waals surface area (Å²) < 4.78 is 0. The van der Waals surface area contributed by atoms with Gasteiger partial charge in [-0.05, 0) is 50.3 Å². The van der Waals surface area contributed by atoms with E-state index in [0.717, 1.165) is 12.8 Å². The fourth-order valence-corrected chi connectivity index (χ4v) is 2.36. The van der Waals surface area contributed by atoms with Gasteiger partial charge in [0.2, 0.25) is 5.91 Å². The summed E-state index contributed by atoms with van der Waals surface area (Å²) in [5.41, 5.74) is 9.68. The van der Waals surface area contributed by atoms with Crippen LogP contribution in [-0.2, 0) is 11.3 Å². The van der Waals surface area contributed by atoms with Gasteiger partial charge in [-0.3, -0.25) is 4.79 Å². The van der Waals surface area contributed by atoms with Crippen molar-refractivity contribution in [3.8, 4) is 0 Å². The minimum Gasteiger partial charge on any atom is -0.335 e. The van der Waals surface area contributed by atoms with Gasteiger partial charge in [0.25, 0.3) is 0 Å². The van der Waals surface area contributed by atoms with Crippen molar-refractivity contribution in [2.45, 2.75) is 59.2 Å². The first-order valence-corrected chi connectivity index (χ1v) is 7.52. The minimum absolute atomic E-state index is 0. The van der Waals surface area contributed by atoms with E-state index in [-0.39, 0.29) is 30.3 Å². The van der Waals surface area contributed by atoms with E-state index >= 15 is 0 Å². The molecule has 0 heterocycles. The van der Waals surface area contributed by atoms with Gasteiger partial charge in [-0.15, -0.1) is 12.4 Å². The molecule has 1 aliphatic rings. The van der Waals surface area contributed by atoms with E-state index in [1.54, 1.807) is 0 Å². The summed E-state index contributed by atoms with van der Waals surface area (Å²) in [5, 5.41) is 0. The zero-order valence-electron chi connectivity index (χ0n) is 13.4. The SMILES string of the molecule is Cc1ccc(CN(C(=O)C(C)C(C)N)C2CC2)cc1C.Cl. The van der Waals surface area contributed by atoms with Crippen molar-refractivity contribution in [3.63, 3.8) is 0 Å². The lowest BCUT2D eigenvalue weighted by atomic mass is 10.0. The predicted molar refractivity (Wildman–Crippen MR) is 89.5 cm³/mol. The number of nitrogens with two attached hydrogens (primary N) is 1. The predicted octanol–water partition coefficient (Wildman–Crippen LogP) is 3.20. The van der Waals surface area contributed by atoms with E-state index in [4.69, 9.17) is 5.73 Å². The van der Waals surface area contributed by atoms with Gasteiger partial charge in [-0.1, -0.05) is 25.1 Å². The number of carbonyl (C=O) groups is 1. The van der Waals surface area contributed by atoms with Crippen molar-refractivity contribution in [2.75, 3.05) is 0 Å². The van der Waals surface area contributed by atoms with E-state index in [1.807, 2.05) is 18.7 Å². The van der Waals surface area contributed by atoms with Crippen LogP contribution in [0.3, 0.4) is 0 Å². The van der Waals surface area contributed by atoms with Crippen LogP contribution >= 0.6 is 12.4 Å². The highest BCUT2D eigenvalue weighted by atomic mass is 35.5. The second-order valence-electron chi connectivity index (χ2n) is 6.26. The molecule has 1 aliphatic carbocycles. The molecule has 1 fully saturated rings. The van der Waals surface area contributed by atoms with E-state index in [1.165, 1.54) is 16.7 Å². The summed E-state index contributed by atoms with van der Waals surface area (Å²) in [6, 6.07) is 6.78. The summed E-state index contributed by atoms with van der Waals surface area (Å²) in [4.78, 5) is 14.6. The van der Waals surface area contributed by atoms with Gasteiger partial charge in [-0.25, -0.2) is 0 Å². The molecule has 1 aromatic rings. The maximum atomic E-state index is 12.6. The van der Waals surface area contributed by atoms with E-state index in [2.05, 4.69) is 32.0 Å². The first-order valence-electron chi connectivity index (χ1n) is 7.52. The van der Waals surface area contributed by atoms with Crippen molar-refractivity contribution in [1.82, 2.24) is 4.90 Å². The molecule has 2 rings (SSSR count). The maximum absolute atomic E-state index is 12.6. The number of aryl methyl sites for hydroxylation is 2. The number of hydrogen-bond donors (Lipinski definition) is 1. The van der Waals surface area contributed by atoms with Crippen LogP contribution in [0.15, 0.2) is 18.2 Å². The number of halogens is 1. The number of nitrogens with zero attached hydrogens (tertiary/aromatic N) is 1. The molecule has 0 bridgehead atoms. The molecule has 0 saturated heterocycles. The Morgan fingerprint density at radius 1 is 1.29 bits per heavy atom. The van der Waals surface area contributed by atoms with Gasteiger partial charge in [0.05, 0.1) is 5.92 Å². The molecule has 0 aromatic heterocycles. The van der Waals surface area contributed by atoms with Crippen molar-refractivity contribution in [3.05, 3.63) is 34.9 Å². The van der Waals surface area contributed by atoms with Crippen molar-refractivity contribution < 1.29 is 4.79 Å². The lowest BCUT2D eigenvalue weighted by Crippen LogP contribution is -2.42. The highest BCUT2D eigenvalue weighted by molar-refractivity contribution is 5.85. The molecular weight excluding hydrogens is 284 g/mol. The van der Waals surface area contributed by atoms with E-state index in [9.17, 15) is 4.79 Å². The van der Waals surface area contributed by atoms with Crippen molar-refractivity contribution in [2.24, 2.45) is 11.7 Å². The molecule has 21 heavy (non-hydrogen) atoms. The zero-order valence-corrected chi connectivity index (χ0v) is 14.2. The van der Waals surface area contributed by atoms with E-state index < -0.39 is 0 Å². The Hall–Kier alpha value is -1.06. The van der Waals surface area contributed by atoms with Gasteiger partial charge in [0.1, 0.15) is 0 Å². The van der Waals surface area contributed by atoms with Gasteiger partial charge in [0, 0.05) is 18.6 Å². The third-order valence-electron chi connectivity index (χ3n) is 4.37. The summed E-state index contributed by atoms with van der Waals surface area (Å²) >= 11 is 0. The number of benzene rings is 1. The summed E-state index contributed by atoms with van der Waals surface area (Å²) in [6.45, 7) is 8.78. The van der Waals surface area contributed by atoms with Crippen LogP contribution in [0.25, 0.3) is 0 Å². The normalized spacial score (nSPS) is 16.8. The van der Waals surface area contributed by atoms with Crippen LogP contribution in [0.2, 0.25) is 0 Å². The number of carbonyl (C=O) groups excluding carboxylic acids is 1. The van der Waals surface area contributed by atoms with Gasteiger partial charge < -0.3 is 10.6 Å². The Kier molecular flexibility index (Phi) is 6.24. The molecular formula is C17H27ClN2O. The van der Waals surface area contributed by atoms with Gasteiger partial charge in [-0.2, -0.15) is 0 Å². The summed E-state index contributed by atoms with van der Waals surface area (Å²) in [5.74, 6) is 0.0860. The molecule has 0 radical (unpaired) electrons. The topological polar surface area (TPSA) is 46.3 Å². The lowest BCUT2D eigenvalue weighted by molar-refractivity contribution is -0.136. The Bertz CT molecular complexity index is 498. The average Bonchev–Trinajstić information content (AvgIpc) is 3.22. The van der Waals surface area contributed by atoms with Gasteiger partial charge >= 0.3 is 0 Å². The standard InChI is InChI=1S/C17H26N2O.ClH/c1-11-5-6-15(9-12(11)2)10-19(16-7-8-16)17(20)13(3)14(4)18;/h5-6,9,13-14,16H,7-8,10,18H2,1-4H3;1H. The van der Waals surface area contributed by atoms with Crippen molar-refractivity contribution >= 4 is 18.3 Å². The second kappa shape index (κ2) is 7.28. The first kappa shape index (κ1) is 18.0. The maximum Gasteiger partial charge on any atom is 0.227 e. The Morgan fingerprint density at radius 3 is 2.38 bits per heavy atom. The third-order valence-corrected chi connectivity index (χ3v) is 4.37. The largest absolute Gasteiger partial charge is 0.335 e. The molecule has 118 valence electrons. The Morgan fingerprint density at radius 2 is 1.90 bits per heavy atom. The first-order chi connectivity index (χ1) is 9.40. The van der Waals surface area contributed by atoms with Gasteiger partial charge in [0.15, 0.2) is 0 Å². The monoisotopic (exact) mass is 310 g/mol. The van der Waals surface area contributed by atoms with Crippen LogP contribution < -0.4 is 5.73 Å². The Labute approximate surface area is 134 Å². The number of hydrogen-bond acceptors (Lipinski definition) is 2. The molecule has 0 spiro atoms. The molecule has 2 unspecified atom stereocenters. The Balaban J connectivity index is 0.00000220. The highest BCUT2D eigenvalue weighted by Gasteiger charge is 2.35. The van der Waals surface area contributed by atoms with E-state index in [0.29, 0.717) is 12.6 Å². The molecule has 0 aliphatic heterocycles. The molecule has 2 N–H and O–H groups in total. The highest BCUT2D eigenvalue weighted by Crippen LogP contribution is 2.30.